The normalized spacial score (nSPS) is 26.2. The fourth-order valence-electron chi connectivity index (χ4n) is 5.87. The Bertz CT molecular complexity index is 968. The van der Waals surface area contributed by atoms with Crippen molar-refractivity contribution >= 4 is 5.82 Å². The minimum atomic E-state index is -2.72. The molecule has 0 radical (unpaired) electrons. The zero-order valence-electron chi connectivity index (χ0n) is 18.9. The van der Waals surface area contributed by atoms with Crippen molar-refractivity contribution in [3.8, 4) is 11.3 Å². The molecule has 2 aliphatic heterocycles. The predicted octanol–water partition coefficient (Wildman–Crippen LogP) is 5.08. The Hall–Kier alpha value is -2.19. The number of rotatable bonds is 6. The van der Waals surface area contributed by atoms with Gasteiger partial charge in [0.25, 0.3) is 6.43 Å². The number of nitrogens with one attached hydrogen (secondary N) is 1. The molecule has 5 nitrogen and oxygen atoms in total. The van der Waals surface area contributed by atoms with Crippen LogP contribution in [0.25, 0.3) is 11.3 Å². The van der Waals surface area contributed by atoms with Gasteiger partial charge < -0.3 is 15.0 Å². The summed E-state index contributed by atoms with van der Waals surface area (Å²) in [6, 6.07) is 5.71. The molecule has 1 saturated carbocycles. The number of aromatic nitrogens is 2. The second-order valence-electron chi connectivity index (χ2n) is 9.90. The van der Waals surface area contributed by atoms with Gasteiger partial charge in [-0.1, -0.05) is 6.07 Å². The van der Waals surface area contributed by atoms with Crippen LogP contribution in [0.2, 0.25) is 0 Å². The highest BCUT2D eigenvalue weighted by molar-refractivity contribution is 5.68. The third kappa shape index (κ3) is 5.01. The Morgan fingerprint density at radius 2 is 1.82 bits per heavy atom. The summed E-state index contributed by atoms with van der Waals surface area (Å²) in [5, 5.41) is 11.6. The number of fused-ring (bicyclic) bond motifs is 1. The van der Waals surface area contributed by atoms with E-state index in [0.29, 0.717) is 28.8 Å². The minimum Gasteiger partial charge on any atom is -0.381 e. The molecular formula is C25H31F3N4O. The summed E-state index contributed by atoms with van der Waals surface area (Å²) >= 11 is 0. The summed E-state index contributed by atoms with van der Waals surface area (Å²) in [5.41, 5.74) is 0.855. The highest BCUT2D eigenvalue weighted by Crippen LogP contribution is 2.40. The maximum atomic E-state index is 13.9. The number of ether oxygens (including phenoxy) is 1. The van der Waals surface area contributed by atoms with Crippen LogP contribution in [0.4, 0.5) is 19.0 Å². The van der Waals surface area contributed by atoms with Crippen LogP contribution in [0, 0.1) is 30.5 Å². The van der Waals surface area contributed by atoms with E-state index in [2.05, 4.69) is 20.4 Å². The van der Waals surface area contributed by atoms with Gasteiger partial charge in [-0.05, 0) is 74.1 Å². The molecule has 3 fully saturated rings. The van der Waals surface area contributed by atoms with Gasteiger partial charge >= 0.3 is 0 Å². The zero-order chi connectivity index (χ0) is 22.9. The van der Waals surface area contributed by atoms with E-state index in [4.69, 9.17) is 4.74 Å². The lowest BCUT2D eigenvalue weighted by Gasteiger charge is -2.27. The van der Waals surface area contributed by atoms with E-state index in [1.165, 1.54) is 24.7 Å². The van der Waals surface area contributed by atoms with Gasteiger partial charge in [-0.2, -0.15) is 0 Å². The van der Waals surface area contributed by atoms with E-state index in [0.717, 1.165) is 57.9 Å². The molecule has 0 unspecified atom stereocenters. The lowest BCUT2D eigenvalue weighted by molar-refractivity contribution is 0.0545. The van der Waals surface area contributed by atoms with E-state index in [1.807, 2.05) is 0 Å². The smallest absolute Gasteiger partial charge is 0.266 e. The van der Waals surface area contributed by atoms with Crippen LogP contribution in [-0.4, -0.2) is 54.0 Å². The number of hydrogen-bond acceptors (Lipinski definition) is 5. The lowest BCUT2D eigenvalue weighted by atomic mass is 10.00. The molecule has 8 heteroatoms. The van der Waals surface area contributed by atoms with Crippen LogP contribution in [0.3, 0.4) is 0 Å². The number of likely N-dealkylation sites (tertiary alicyclic amines) is 1. The molecule has 1 aromatic carbocycles. The molecule has 3 aliphatic rings. The molecule has 0 spiro atoms. The summed E-state index contributed by atoms with van der Waals surface area (Å²) in [7, 11) is 0. The van der Waals surface area contributed by atoms with Crippen molar-refractivity contribution < 1.29 is 17.9 Å². The van der Waals surface area contributed by atoms with E-state index < -0.39 is 12.2 Å². The van der Waals surface area contributed by atoms with E-state index >= 15 is 0 Å². The molecule has 1 aromatic heterocycles. The van der Waals surface area contributed by atoms with Crippen molar-refractivity contribution in [1.82, 2.24) is 15.1 Å². The number of alkyl halides is 2. The van der Waals surface area contributed by atoms with Crippen molar-refractivity contribution in [3.63, 3.8) is 0 Å². The van der Waals surface area contributed by atoms with Gasteiger partial charge in [-0.3, -0.25) is 0 Å². The molecule has 1 N–H and O–H groups in total. The number of benzene rings is 1. The Labute approximate surface area is 192 Å². The number of nitrogens with zero attached hydrogens (tertiary/aromatic N) is 3. The quantitative estimate of drug-likeness (QED) is 0.652. The molecule has 3 heterocycles. The summed E-state index contributed by atoms with van der Waals surface area (Å²) in [6.45, 7) is 6.92. The number of hydrogen-bond donors (Lipinski definition) is 1. The van der Waals surface area contributed by atoms with Crippen LogP contribution in [0.1, 0.15) is 43.2 Å². The van der Waals surface area contributed by atoms with Gasteiger partial charge in [0.1, 0.15) is 17.3 Å². The van der Waals surface area contributed by atoms with Crippen molar-refractivity contribution in [2.45, 2.75) is 45.1 Å². The molecular weight excluding hydrogens is 429 g/mol. The lowest BCUT2D eigenvalue weighted by Crippen LogP contribution is -2.32. The van der Waals surface area contributed by atoms with Gasteiger partial charge in [-0.25, -0.2) is 13.2 Å². The summed E-state index contributed by atoms with van der Waals surface area (Å²) < 4.78 is 46.9. The number of anilines is 1. The standard InChI is InChI=1S/C25H31F3N4O/c1-15-2-3-19(26)10-21(15)24-22(25(27)28)11-23(30-31-24)29-20-8-17-13-32(14-18(17)9-20)12-16-4-6-33-7-5-16/h2-3,10-11,16-18,20,25H,4-9,12-14H2,1H3,(H,29,30)/t17-,18+,20-. The Balaban J connectivity index is 1.23. The minimum absolute atomic E-state index is 0.0413. The van der Waals surface area contributed by atoms with Crippen LogP contribution >= 0.6 is 0 Å². The van der Waals surface area contributed by atoms with Crippen molar-refractivity contribution in [2.24, 2.45) is 17.8 Å². The predicted molar refractivity (Wildman–Crippen MR) is 121 cm³/mol. The van der Waals surface area contributed by atoms with Gasteiger partial charge in [-0.15, -0.1) is 10.2 Å². The van der Waals surface area contributed by atoms with Crippen LogP contribution < -0.4 is 5.32 Å². The third-order valence-corrected chi connectivity index (χ3v) is 7.55. The van der Waals surface area contributed by atoms with Gasteiger partial charge in [0, 0.05) is 50.0 Å². The zero-order valence-corrected chi connectivity index (χ0v) is 18.9. The van der Waals surface area contributed by atoms with Crippen LogP contribution in [0.5, 0.6) is 0 Å². The number of aryl methyl sites for hydroxylation is 1. The second kappa shape index (κ2) is 9.58. The molecule has 2 saturated heterocycles. The van der Waals surface area contributed by atoms with Crippen molar-refractivity contribution in [1.29, 1.82) is 0 Å². The fourth-order valence-corrected chi connectivity index (χ4v) is 5.87. The van der Waals surface area contributed by atoms with Gasteiger partial charge in [0.15, 0.2) is 0 Å². The SMILES string of the molecule is Cc1ccc(F)cc1-c1nnc(N[C@@H]2C[C@@H]3CN(CC4CCOCC4)C[C@@H]3C2)cc1C(F)F. The highest BCUT2D eigenvalue weighted by Gasteiger charge is 2.41. The molecule has 178 valence electrons. The average molecular weight is 461 g/mol. The first-order chi connectivity index (χ1) is 16.0. The van der Waals surface area contributed by atoms with Crippen molar-refractivity contribution in [3.05, 3.63) is 41.2 Å². The molecule has 5 rings (SSSR count). The maximum absolute atomic E-state index is 13.9. The first kappa shape index (κ1) is 22.6. The summed E-state index contributed by atoms with van der Waals surface area (Å²) in [4.78, 5) is 2.60. The van der Waals surface area contributed by atoms with Gasteiger partial charge in [0.05, 0.1) is 0 Å². The summed E-state index contributed by atoms with van der Waals surface area (Å²) in [5.74, 6) is 1.91. The molecule has 33 heavy (non-hydrogen) atoms. The van der Waals surface area contributed by atoms with E-state index in [9.17, 15) is 13.2 Å². The molecule has 0 bridgehead atoms. The first-order valence-corrected chi connectivity index (χ1v) is 11.9. The largest absolute Gasteiger partial charge is 0.381 e. The van der Waals surface area contributed by atoms with Crippen LogP contribution in [0.15, 0.2) is 24.3 Å². The third-order valence-electron chi connectivity index (χ3n) is 7.55. The van der Waals surface area contributed by atoms with Gasteiger partial charge in [0.2, 0.25) is 0 Å². The Morgan fingerprint density at radius 3 is 2.52 bits per heavy atom. The Kier molecular flexibility index (Phi) is 6.56. The highest BCUT2D eigenvalue weighted by atomic mass is 19.3. The molecule has 3 atom stereocenters. The molecule has 2 aromatic rings. The number of halogens is 3. The Morgan fingerprint density at radius 1 is 1.09 bits per heavy atom. The molecule has 0 amide bonds. The maximum Gasteiger partial charge on any atom is 0.266 e. The fraction of sp³-hybridized carbons (Fsp3) is 0.600. The monoisotopic (exact) mass is 460 g/mol. The van der Waals surface area contributed by atoms with Crippen molar-refractivity contribution in [2.75, 3.05) is 38.2 Å². The first-order valence-electron chi connectivity index (χ1n) is 11.9. The second-order valence-corrected chi connectivity index (χ2v) is 9.90. The summed E-state index contributed by atoms with van der Waals surface area (Å²) in [6.07, 6.45) is 1.63. The topological polar surface area (TPSA) is 50.3 Å². The molecule has 1 aliphatic carbocycles. The average Bonchev–Trinajstić information content (AvgIpc) is 3.34. The van der Waals surface area contributed by atoms with E-state index in [1.54, 1.807) is 13.0 Å². The van der Waals surface area contributed by atoms with Crippen LogP contribution in [-0.2, 0) is 4.74 Å². The van der Waals surface area contributed by atoms with E-state index in [-0.39, 0.29) is 17.3 Å².